The van der Waals surface area contributed by atoms with Crippen LogP contribution in [-0.4, -0.2) is 41.4 Å². The molecular weight excluding hydrogens is 389 g/mol. The van der Waals surface area contributed by atoms with E-state index in [1.165, 1.54) is 11.4 Å². The van der Waals surface area contributed by atoms with Crippen molar-refractivity contribution in [3.63, 3.8) is 0 Å². The van der Waals surface area contributed by atoms with Gasteiger partial charge in [0.15, 0.2) is 1.41 Å². The number of nitrogens with zero attached hydrogens (tertiary/aromatic N) is 2. The van der Waals surface area contributed by atoms with Crippen molar-refractivity contribution in [2.45, 2.75) is 45.3 Å². The second kappa shape index (κ2) is 10.5. The molecule has 1 saturated heterocycles. The van der Waals surface area contributed by atoms with E-state index in [9.17, 15) is 14.7 Å². The van der Waals surface area contributed by atoms with Gasteiger partial charge < -0.3 is 15.3 Å². The molecule has 0 radical (unpaired) electrons. The van der Waals surface area contributed by atoms with E-state index in [2.05, 4.69) is 0 Å². The predicted molar refractivity (Wildman–Crippen MR) is 103 cm³/mol. The summed E-state index contributed by atoms with van der Waals surface area (Å²) in [6.45, 7) is -12.6. The Morgan fingerprint density at radius 3 is 3.00 bits per heavy atom. The molecular formula is C19H26KN3O3S. The predicted octanol–water partition coefficient (Wildman–Crippen LogP) is -0.673. The van der Waals surface area contributed by atoms with Gasteiger partial charge in [0.05, 0.1) is 6.93 Å². The fraction of sp³-hybridized carbons (Fsp3) is 0.579. The molecule has 6 nitrogen and oxygen atoms in total. The van der Waals surface area contributed by atoms with E-state index >= 15 is 0 Å². The number of fused-ring (bicyclic) bond motifs is 1. The fourth-order valence-corrected chi connectivity index (χ4v) is 3.28. The van der Waals surface area contributed by atoms with E-state index in [0.717, 1.165) is 18.3 Å². The molecule has 0 spiro atoms. The third-order valence-electron chi connectivity index (χ3n) is 3.46. The maximum atomic E-state index is 13.3. The van der Waals surface area contributed by atoms with Gasteiger partial charge in [-0.2, -0.15) is 0 Å². The van der Waals surface area contributed by atoms with E-state index in [0.29, 0.717) is 4.57 Å². The summed E-state index contributed by atoms with van der Waals surface area (Å²) in [7, 11) is 0. The summed E-state index contributed by atoms with van der Waals surface area (Å²) in [6, 6.07) is -1.46. The topological polar surface area (TPSA) is 77.4 Å². The molecule has 0 bridgehead atoms. The van der Waals surface area contributed by atoms with Gasteiger partial charge in [-0.05, 0) is 63.9 Å². The molecule has 2 aromatic heterocycles. The van der Waals surface area contributed by atoms with Crippen LogP contribution in [0.4, 0.5) is 0 Å². The number of hydrogen-bond acceptors (Lipinski definition) is 5. The summed E-state index contributed by atoms with van der Waals surface area (Å²) in [5.74, 6) is -2.74. The number of pyridine rings is 1. The smallest absolute Gasteiger partial charge is 0.871 e. The van der Waals surface area contributed by atoms with Crippen LogP contribution >= 0.6 is 11.3 Å². The molecule has 3 rings (SSSR count). The molecule has 0 aliphatic carbocycles. The van der Waals surface area contributed by atoms with Crippen LogP contribution in [0.25, 0.3) is 10.2 Å². The maximum Gasteiger partial charge on any atom is 1.00 e. The molecule has 1 aliphatic heterocycles. The van der Waals surface area contributed by atoms with Crippen molar-refractivity contribution in [3.8, 4) is 5.75 Å². The second-order valence-corrected chi connectivity index (χ2v) is 6.09. The molecule has 2 atom stereocenters. The SMILES string of the molecule is [2H]C(CCN([2H])C(=O)c1c([O-])c2ccsc2n(C([2H])(C)C([2H])([2H])[2H])c1=O)N1C([2H])([2H])C([2H])([2H])C([2H])([2H])C([2H])([2H])C1([2H])[2H].[K+]. The van der Waals surface area contributed by atoms with Crippen molar-refractivity contribution in [2.24, 2.45) is 0 Å². The molecule has 2 aromatic rings. The van der Waals surface area contributed by atoms with Crippen LogP contribution in [0.15, 0.2) is 16.2 Å². The Labute approximate surface area is 228 Å². The Morgan fingerprint density at radius 2 is 2.30 bits per heavy atom. The third-order valence-corrected chi connectivity index (χ3v) is 4.36. The van der Waals surface area contributed by atoms with Crippen molar-refractivity contribution in [2.75, 3.05) is 26.1 Å². The minimum absolute atomic E-state index is 0. The number of likely N-dealkylation sites (tertiary alicyclic amines) is 1. The summed E-state index contributed by atoms with van der Waals surface area (Å²) in [4.78, 5) is 26.1. The quantitative estimate of drug-likeness (QED) is 0.615. The summed E-state index contributed by atoms with van der Waals surface area (Å²) in [6.07, 6.45) is -11.9. The molecule has 8 heteroatoms. The molecule has 0 saturated carbocycles. The number of rotatable bonds is 6. The van der Waals surface area contributed by atoms with Gasteiger partial charge in [-0.1, -0.05) is 12.1 Å². The summed E-state index contributed by atoms with van der Waals surface area (Å²) < 4.78 is 128. The fourth-order valence-electron chi connectivity index (χ4n) is 2.34. The third kappa shape index (κ3) is 5.23. The van der Waals surface area contributed by atoms with Crippen molar-refractivity contribution >= 4 is 27.5 Å². The standard InChI is InChI=1S/C19H27N3O3S.K/c1-13(2)22-18(25)15(16(23)14-7-12-26-19(14)22)17(24)20-8-6-11-21-9-4-3-5-10-21;/h7,12-13,23H,3-6,8-11H2,1-2H3,(H,20,24);/q;+1/p-1/i1D3,3D2,4D2,5D2,9D2,10D2,11D,13D;/hD. The van der Waals surface area contributed by atoms with Crippen LogP contribution in [-0.2, 0) is 0 Å². The van der Waals surface area contributed by atoms with E-state index in [4.69, 9.17) is 22.0 Å². The second-order valence-electron chi connectivity index (χ2n) is 5.20. The monoisotopic (exact) mass is 431 g/mol. The minimum atomic E-state index is -3.70. The molecule has 3 heterocycles. The minimum Gasteiger partial charge on any atom is -0.871 e. The van der Waals surface area contributed by atoms with Gasteiger partial charge in [0.2, 0.25) is 0 Å². The molecule has 1 aliphatic rings. The first-order valence-corrected chi connectivity index (χ1v) is 8.38. The van der Waals surface area contributed by atoms with E-state index in [-0.39, 0.29) is 71.8 Å². The van der Waals surface area contributed by atoms with Crippen molar-refractivity contribution in [1.82, 2.24) is 14.8 Å². The van der Waals surface area contributed by atoms with E-state index in [1.807, 2.05) is 0 Å². The number of hydrogen-bond donors (Lipinski definition) is 1. The average Bonchev–Trinajstić information content (AvgIpc) is 3.29. The van der Waals surface area contributed by atoms with Gasteiger partial charge >= 0.3 is 51.4 Å². The zero-order chi connectivity index (χ0) is 32.8. The van der Waals surface area contributed by atoms with Crippen LogP contribution in [0, 0.1) is 0 Å². The molecule has 2 unspecified atom stereocenters. The Kier molecular flexibility index (Phi) is 3.62. The molecule has 27 heavy (non-hydrogen) atoms. The zero-order valence-corrected chi connectivity index (χ0v) is 18.6. The number of thiophene rings is 1. The Hall–Kier alpha value is -0.224. The molecule has 1 amide bonds. The first kappa shape index (κ1) is 9.28. The molecule has 0 aromatic carbocycles. The first-order valence-electron chi connectivity index (χ1n) is 15.5. The maximum absolute atomic E-state index is 13.3. The van der Waals surface area contributed by atoms with Gasteiger partial charge in [-0.15, -0.1) is 11.3 Å². The average molecular weight is 432 g/mol. The van der Waals surface area contributed by atoms with Crippen molar-refractivity contribution in [1.29, 1.82) is 0 Å². The Bertz CT molecular complexity index is 1430. The number of aromatic nitrogens is 1. The molecule has 1 N–H and O–H groups in total. The Morgan fingerprint density at radius 1 is 1.56 bits per heavy atom. The van der Waals surface area contributed by atoms with E-state index in [1.54, 1.807) is 0 Å². The number of piperidine rings is 1. The summed E-state index contributed by atoms with van der Waals surface area (Å²) in [5, 5.41) is 14.1. The van der Waals surface area contributed by atoms with Crippen LogP contribution in [0.2, 0.25) is 1.41 Å². The Balaban J connectivity index is 0.00000645. The van der Waals surface area contributed by atoms with Crippen molar-refractivity contribution in [3.05, 3.63) is 27.4 Å². The molecule has 142 valence electrons. The molecule has 1 fully saturated rings. The van der Waals surface area contributed by atoms with Gasteiger partial charge in [0.25, 0.3) is 11.5 Å². The van der Waals surface area contributed by atoms with Crippen LogP contribution in [0.5, 0.6) is 5.75 Å². The number of carbonyl (C=O) groups is 1. The summed E-state index contributed by atoms with van der Waals surface area (Å²) in [5.41, 5.74) is -2.66. The van der Waals surface area contributed by atoms with Gasteiger partial charge in [-0.3, -0.25) is 14.2 Å². The van der Waals surface area contributed by atoms with Gasteiger partial charge in [0.1, 0.15) is 4.83 Å². The summed E-state index contributed by atoms with van der Waals surface area (Å²) >= 11 is 0.775. The number of nitrogens with one attached hydrogen (secondary N) is 1. The van der Waals surface area contributed by atoms with Gasteiger partial charge in [0, 0.05) is 37.1 Å². The normalized spacial score (nSPS) is 36.9. The van der Waals surface area contributed by atoms with Crippen LogP contribution in [0.1, 0.15) is 76.3 Å². The van der Waals surface area contributed by atoms with E-state index < -0.39 is 87.2 Å². The first-order chi connectivity index (χ1) is 18.6. The van der Waals surface area contributed by atoms with Gasteiger partial charge in [-0.25, -0.2) is 0 Å². The van der Waals surface area contributed by atoms with Crippen molar-refractivity contribution < 1.29 is 83.3 Å². The van der Waals surface area contributed by atoms with Crippen LogP contribution in [0.3, 0.4) is 0 Å². The van der Waals surface area contributed by atoms with Crippen LogP contribution < -0.4 is 67.4 Å². The largest absolute Gasteiger partial charge is 1.00 e. The number of carbonyl (C=O) groups excluding carboxylic acids is 1. The number of amides is 1. The zero-order valence-electron chi connectivity index (χ0n) is 30.6.